The van der Waals surface area contributed by atoms with Crippen LogP contribution in [-0.2, 0) is 18.8 Å². The van der Waals surface area contributed by atoms with Crippen molar-refractivity contribution in [2.24, 2.45) is 0 Å². The smallest absolute Gasteiger partial charge is 0.313 e. The number of hydrogen-bond acceptors (Lipinski definition) is 4. The van der Waals surface area contributed by atoms with Crippen LogP contribution < -0.4 is 0 Å². The van der Waals surface area contributed by atoms with Crippen LogP contribution in [0.1, 0.15) is 71.1 Å². The number of esters is 1. The first-order valence-corrected chi connectivity index (χ1v) is 12.5. The summed E-state index contributed by atoms with van der Waals surface area (Å²) < 4.78 is 10.7. The topological polar surface area (TPSA) is 52.6 Å². The Hall–Kier alpha value is -0.683. The van der Waals surface area contributed by atoms with Gasteiger partial charge in [0.2, 0.25) is 0 Å². The summed E-state index contributed by atoms with van der Waals surface area (Å²) in [6, 6.07) is 0. The van der Waals surface area contributed by atoms with Gasteiger partial charge in [0.05, 0.1) is 13.2 Å². The van der Waals surface area contributed by atoms with Crippen LogP contribution in [0.3, 0.4) is 0 Å². The van der Waals surface area contributed by atoms with Crippen LogP contribution in [0.2, 0.25) is 19.6 Å². The monoisotopic (exact) mass is 344 g/mol. The zero-order chi connectivity index (χ0) is 17.7. The Balaban J connectivity index is 4.15. The van der Waals surface area contributed by atoms with Gasteiger partial charge in [0.1, 0.15) is 12.2 Å². The second-order valence-electron chi connectivity index (χ2n) is 7.26. The molecule has 23 heavy (non-hydrogen) atoms. The number of carbonyl (C=O) groups excluding carboxylic acids is 2. The molecule has 0 spiro atoms. The van der Waals surface area contributed by atoms with Crippen LogP contribution in [0, 0.1) is 0 Å². The highest BCUT2D eigenvalue weighted by molar-refractivity contribution is 6.69. The van der Waals surface area contributed by atoms with Crippen LogP contribution >= 0.6 is 0 Å². The van der Waals surface area contributed by atoms with Crippen molar-refractivity contribution < 1.29 is 18.8 Å². The minimum atomic E-state index is -1.69. The molecule has 5 heteroatoms. The molecule has 0 unspecified atom stereocenters. The van der Waals surface area contributed by atoms with Gasteiger partial charge in [-0.2, -0.15) is 0 Å². The Labute approximate surface area is 143 Å². The highest BCUT2D eigenvalue weighted by atomic mass is 28.4. The normalized spacial score (nSPS) is 12.9. The molecular weight excluding hydrogens is 308 g/mol. The van der Waals surface area contributed by atoms with E-state index in [1.165, 1.54) is 45.6 Å². The summed E-state index contributed by atoms with van der Waals surface area (Å²) in [7, 11) is -0.380. The minimum Gasteiger partial charge on any atom is -0.469 e. The average Bonchev–Trinajstić information content (AvgIpc) is 2.44. The van der Waals surface area contributed by atoms with Crippen molar-refractivity contribution in [1.29, 1.82) is 0 Å². The molecule has 0 aliphatic heterocycles. The fourth-order valence-corrected chi connectivity index (χ4v) is 3.79. The maximum absolute atomic E-state index is 12.0. The van der Waals surface area contributed by atoms with Gasteiger partial charge in [-0.3, -0.25) is 9.59 Å². The predicted octanol–water partition coefficient (Wildman–Crippen LogP) is 4.87. The molecule has 0 aromatic heterocycles. The summed E-state index contributed by atoms with van der Waals surface area (Å²) in [5.41, 5.74) is 0. The summed E-state index contributed by atoms with van der Waals surface area (Å²) >= 11 is 0. The summed E-state index contributed by atoms with van der Waals surface area (Å²) in [5, 5.41) is 0. The van der Waals surface area contributed by atoms with E-state index >= 15 is 0 Å². The van der Waals surface area contributed by atoms with Gasteiger partial charge in [-0.15, -0.1) is 0 Å². The third-order valence-corrected chi connectivity index (χ3v) is 4.71. The van der Waals surface area contributed by atoms with Gasteiger partial charge >= 0.3 is 5.97 Å². The molecule has 136 valence electrons. The fraction of sp³-hybridized carbons (Fsp3) is 0.889. The molecule has 0 saturated heterocycles. The number of methoxy groups -OCH3 is 1. The van der Waals surface area contributed by atoms with E-state index in [0.717, 1.165) is 12.8 Å². The number of ketones is 1. The van der Waals surface area contributed by atoms with Crippen LogP contribution in [0.4, 0.5) is 0 Å². The predicted molar refractivity (Wildman–Crippen MR) is 97.1 cm³/mol. The molecule has 0 N–H and O–H groups in total. The molecule has 0 fully saturated rings. The van der Waals surface area contributed by atoms with Crippen LogP contribution in [0.5, 0.6) is 0 Å². The molecule has 0 aromatic rings. The van der Waals surface area contributed by atoms with Crippen LogP contribution in [-0.4, -0.2) is 33.3 Å². The standard InChI is InChI=1S/C18H36O4Si/c1-6-7-8-9-10-11-12-13-17(22-23(3,4)5)14-16(19)15-18(20)21-2/h17H,6-15H2,1-5H3/t17-/m1/s1. The maximum Gasteiger partial charge on any atom is 0.313 e. The molecule has 0 rings (SSSR count). The SMILES string of the molecule is CCCCCCCCC[C@H](CC(=O)CC(=O)OC)O[Si](C)(C)C. The van der Waals surface area contributed by atoms with E-state index in [2.05, 4.69) is 31.3 Å². The van der Waals surface area contributed by atoms with Crippen molar-refractivity contribution in [3.8, 4) is 0 Å². The highest BCUT2D eigenvalue weighted by Crippen LogP contribution is 2.18. The molecule has 0 aliphatic rings. The summed E-state index contributed by atoms with van der Waals surface area (Å²) in [6.45, 7) is 8.63. The molecule has 0 amide bonds. The van der Waals surface area contributed by atoms with Crippen molar-refractivity contribution in [3.63, 3.8) is 0 Å². The zero-order valence-corrected chi connectivity index (χ0v) is 16.8. The van der Waals surface area contributed by atoms with E-state index in [1.807, 2.05) is 0 Å². The van der Waals surface area contributed by atoms with Gasteiger partial charge in [-0.1, -0.05) is 51.9 Å². The van der Waals surface area contributed by atoms with Gasteiger partial charge in [-0.05, 0) is 26.1 Å². The lowest BCUT2D eigenvalue weighted by molar-refractivity contribution is -0.143. The summed E-state index contributed by atoms with van der Waals surface area (Å²) in [5.74, 6) is -0.541. The molecular formula is C18H36O4Si. The summed E-state index contributed by atoms with van der Waals surface area (Å²) in [4.78, 5) is 23.1. The number of ether oxygens (including phenoxy) is 1. The molecule has 0 saturated carbocycles. The Kier molecular flexibility index (Phi) is 12.3. The third kappa shape index (κ3) is 14.6. The highest BCUT2D eigenvalue weighted by Gasteiger charge is 2.23. The largest absolute Gasteiger partial charge is 0.469 e. The van der Waals surface area contributed by atoms with E-state index in [-0.39, 0.29) is 18.3 Å². The molecule has 0 radical (unpaired) electrons. The molecule has 1 atom stereocenters. The quantitative estimate of drug-likeness (QED) is 0.195. The number of rotatable bonds is 14. The Bertz CT molecular complexity index is 336. The molecule has 4 nitrogen and oxygen atoms in total. The van der Waals surface area contributed by atoms with Gasteiger partial charge < -0.3 is 9.16 Å². The number of hydrogen-bond donors (Lipinski definition) is 0. The Morgan fingerprint density at radius 1 is 0.957 bits per heavy atom. The van der Waals surface area contributed by atoms with Gasteiger partial charge in [-0.25, -0.2) is 0 Å². The molecule has 0 aliphatic carbocycles. The van der Waals surface area contributed by atoms with Crippen molar-refractivity contribution >= 4 is 20.1 Å². The van der Waals surface area contributed by atoms with Crippen LogP contribution in [0.15, 0.2) is 0 Å². The van der Waals surface area contributed by atoms with Crippen molar-refractivity contribution in [1.82, 2.24) is 0 Å². The lowest BCUT2D eigenvalue weighted by Gasteiger charge is -2.26. The van der Waals surface area contributed by atoms with Gasteiger partial charge in [0, 0.05) is 6.42 Å². The number of carbonyl (C=O) groups is 2. The fourth-order valence-electron chi connectivity index (χ4n) is 2.59. The van der Waals surface area contributed by atoms with Crippen molar-refractivity contribution in [2.75, 3.05) is 7.11 Å². The molecule has 0 bridgehead atoms. The van der Waals surface area contributed by atoms with E-state index in [1.54, 1.807) is 0 Å². The number of Topliss-reactive ketones (excluding diaryl/α,β-unsaturated/α-hetero) is 1. The zero-order valence-electron chi connectivity index (χ0n) is 15.8. The maximum atomic E-state index is 12.0. The van der Waals surface area contributed by atoms with E-state index in [4.69, 9.17) is 4.43 Å². The first-order chi connectivity index (χ1) is 10.8. The van der Waals surface area contributed by atoms with Gasteiger partial charge in [0.15, 0.2) is 8.32 Å². The van der Waals surface area contributed by atoms with E-state index < -0.39 is 14.3 Å². The second-order valence-corrected chi connectivity index (χ2v) is 11.7. The van der Waals surface area contributed by atoms with E-state index in [9.17, 15) is 9.59 Å². The first kappa shape index (κ1) is 22.3. The number of unbranched alkanes of at least 4 members (excludes halogenated alkanes) is 6. The lowest BCUT2D eigenvalue weighted by Crippen LogP contribution is -2.33. The average molecular weight is 345 g/mol. The van der Waals surface area contributed by atoms with Crippen LogP contribution in [0.25, 0.3) is 0 Å². The third-order valence-electron chi connectivity index (χ3n) is 3.67. The second kappa shape index (κ2) is 12.7. The molecule has 0 aromatic carbocycles. The minimum absolute atomic E-state index is 0.0468. The van der Waals surface area contributed by atoms with Crippen molar-refractivity contribution in [2.45, 2.75) is 96.9 Å². The lowest BCUT2D eigenvalue weighted by atomic mass is 10.0. The van der Waals surface area contributed by atoms with E-state index in [0.29, 0.717) is 6.42 Å². The first-order valence-electron chi connectivity index (χ1n) is 9.04. The Morgan fingerprint density at radius 2 is 1.52 bits per heavy atom. The van der Waals surface area contributed by atoms with Crippen molar-refractivity contribution in [3.05, 3.63) is 0 Å². The van der Waals surface area contributed by atoms with Gasteiger partial charge in [0.25, 0.3) is 0 Å². The molecule has 0 heterocycles. The summed E-state index contributed by atoms with van der Waals surface area (Å²) in [6.07, 6.45) is 9.81. The Morgan fingerprint density at radius 3 is 2.04 bits per heavy atom.